The van der Waals surface area contributed by atoms with E-state index in [-0.39, 0.29) is 0 Å². The average Bonchev–Trinajstić information content (AvgIpc) is 3.00. The van der Waals surface area contributed by atoms with Crippen molar-refractivity contribution < 1.29 is 4.42 Å². The van der Waals surface area contributed by atoms with Crippen molar-refractivity contribution in [3.05, 3.63) is 46.0 Å². The fourth-order valence-electron chi connectivity index (χ4n) is 2.26. The summed E-state index contributed by atoms with van der Waals surface area (Å²) in [5, 5.41) is 2.10. The van der Waals surface area contributed by atoms with E-state index in [1.165, 1.54) is 17.7 Å². The summed E-state index contributed by atoms with van der Waals surface area (Å²) < 4.78 is 5.47. The van der Waals surface area contributed by atoms with E-state index in [0.29, 0.717) is 12.6 Å². The summed E-state index contributed by atoms with van der Waals surface area (Å²) in [6, 6.07) is 6.76. The Morgan fingerprint density at radius 3 is 2.95 bits per heavy atom. The molecule has 3 nitrogen and oxygen atoms in total. The van der Waals surface area contributed by atoms with Gasteiger partial charge in [0.15, 0.2) is 0 Å². The van der Waals surface area contributed by atoms with Gasteiger partial charge in [0.25, 0.3) is 0 Å². The molecule has 0 unspecified atom stereocenters. The molecule has 0 radical (unpaired) electrons. The van der Waals surface area contributed by atoms with Crippen LogP contribution in [0, 0.1) is 11.8 Å². The molecule has 2 aromatic rings. The summed E-state index contributed by atoms with van der Waals surface area (Å²) in [6.45, 7) is 2.23. The largest absolute Gasteiger partial charge is 0.468 e. The SMILES string of the molecule is NCC#Cc1ccsc1CN(Cc1ccco1)C1CC1. The Balaban J connectivity index is 1.72. The summed E-state index contributed by atoms with van der Waals surface area (Å²) in [5.74, 6) is 7.13. The van der Waals surface area contributed by atoms with Crippen LogP contribution in [0.15, 0.2) is 34.3 Å². The number of nitrogens with two attached hydrogens (primary N) is 1. The van der Waals surface area contributed by atoms with E-state index < -0.39 is 0 Å². The lowest BCUT2D eigenvalue weighted by molar-refractivity contribution is 0.227. The van der Waals surface area contributed by atoms with Crippen LogP contribution in [0.1, 0.15) is 29.0 Å². The van der Waals surface area contributed by atoms with Gasteiger partial charge in [0, 0.05) is 23.0 Å². The number of thiophene rings is 1. The summed E-state index contributed by atoms with van der Waals surface area (Å²) in [6.07, 6.45) is 4.31. The lowest BCUT2D eigenvalue weighted by Gasteiger charge is -2.20. The molecular weight excluding hydrogens is 268 g/mol. The number of furan rings is 1. The van der Waals surface area contributed by atoms with Gasteiger partial charge >= 0.3 is 0 Å². The van der Waals surface area contributed by atoms with Crippen LogP contribution in [0.5, 0.6) is 0 Å². The zero-order valence-corrected chi connectivity index (χ0v) is 12.2. The number of rotatable bonds is 5. The van der Waals surface area contributed by atoms with Crippen molar-refractivity contribution in [2.45, 2.75) is 32.0 Å². The first-order valence-electron chi connectivity index (χ1n) is 6.88. The molecule has 0 saturated heterocycles. The van der Waals surface area contributed by atoms with E-state index >= 15 is 0 Å². The topological polar surface area (TPSA) is 42.4 Å². The first kappa shape index (κ1) is 13.4. The fraction of sp³-hybridized carbons (Fsp3) is 0.375. The highest BCUT2D eigenvalue weighted by Gasteiger charge is 2.30. The second-order valence-corrected chi connectivity index (χ2v) is 5.98. The van der Waals surface area contributed by atoms with Crippen LogP contribution in [0.2, 0.25) is 0 Å². The Labute approximate surface area is 123 Å². The van der Waals surface area contributed by atoms with E-state index in [1.54, 1.807) is 17.6 Å². The Hall–Kier alpha value is -1.54. The molecule has 0 aliphatic heterocycles. The van der Waals surface area contributed by atoms with Crippen molar-refractivity contribution in [3.8, 4) is 11.8 Å². The van der Waals surface area contributed by atoms with Crippen LogP contribution in [-0.4, -0.2) is 17.5 Å². The molecule has 1 aliphatic rings. The maximum atomic E-state index is 5.47. The zero-order chi connectivity index (χ0) is 13.8. The second kappa shape index (κ2) is 6.27. The first-order valence-corrected chi connectivity index (χ1v) is 7.76. The second-order valence-electron chi connectivity index (χ2n) is 4.98. The van der Waals surface area contributed by atoms with Crippen LogP contribution in [0.25, 0.3) is 0 Å². The smallest absolute Gasteiger partial charge is 0.117 e. The minimum atomic E-state index is 0.411. The molecule has 2 heterocycles. The molecule has 20 heavy (non-hydrogen) atoms. The van der Waals surface area contributed by atoms with Gasteiger partial charge in [-0.25, -0.2) is 0 Å². The molecule has 0 spiro atoms. The zero-order valence-electron chi connectivity index (χ0n) is 11.3. The van der Waals surface area contributed by atoms with Gasteiger partial charge in [-0.15, -0.1) is 11.3 Å². The minimum Gasteiger partial charge on any atom is -0.468 e. The van der Waals surface area contributed by atoms with Gasteiger partial charge in [-0.2, -0.15) is 0 Å². The number of nitrogens with zero attached hydrogens (tertiary/aromatic N) is 1. The Morgan fingerprint density at radius 2 is 2.25 bits per heavy atom. The molecule has 1 aliphatic carbocycles. The van der Waals surface area contributed by atoms with Gasteiger partial charge in [-0.05, 0) is 36.4 Å². The lowest BCUT2D eigenvalue weighted by atomic mass is 10.2. The summed E-state index contributed by atoms with van der Waals surface area (Å²) >= 11 is 1.77. The van der Waals surface area contributed by atoms with E-state index in [2.05, 4.69) is 28.2 Å². The molecule has 0 aromatic carbocycles. The Kier molecular flexibility index (Phi) is 4.22. The molecule has 1 fully saturated rings. The predicted octanol–water partition coefficient (Wildman–Crippen LogP) is 2.82. The normalized spacial score (nSPS) is 14.3. The van der Waals surface area contributed by atoms with Gasteiger partial charge in [0.1, 0.15) is 5.76 Å². The average molecular weight is 286 g/mol. The summed E-state index contributed by atoms with van der Waals surface area (Å²) in [5.41, 5.74) is 6.57. The summed E-state index contributed by atoms with van der Waals surface area (Å²) in [4.78, 5) is 3.81. The van der Waals surface area contributed by atoms with Crippen molar-refractivity contribution in [2.75, 3.05) is 6.54 Å². The van der Waals surface area contributed by atoms with Crippen LogP contribution in [-0.2, 0) is 13.1 Å². The molecule has 2 N–H and O–H groups in total. The highest BCUT2D eigenvalue weighted by atomic mass is 32.1. The Bertz CT molecular complexity index is 602. The lowest BCUT2D eigenvalue weighted by Crippen LogP contribution is -2.24. The third-order valence-electron chi connectivity index (χ3n) is 3.42. The quantitative estimate of drug-likeness (QED) is 0.859. The first-order chi connectivity index (χ1) is 9.86. The van der Waals surface area contributed by atoms with Crippen LogP contribution >= 0.6 is 11.3 Å². The van der Waals surface area contributed by atoms with Gasteiger partial charge in [-0.3, -0.25) is 4.90 Å². The molecule has 4 heteroatoms. The number of hydrogen-bond donors (Lipinski definition) is 1. The summed E-state index contributed by atoms with van der Waals surface area (Å²) in [7, 11) is 0. The van der Waals surface area contributed by atoms with Crippen LogP contribution in [0.4, 0.5) is 0 Å². The molecule has 1 saturated carbocycles. The van der Waals surface area contributed by atoms with E-state index in [1.807, 2.05) is 12.1 Å². The highest BCUT2D eigenvalue weighted by Crippen LogP contribution is 2.31. The van der Waals surface area contributed by atoms with Crippen LogP contribution in [0.3, 0.4) is 0 Å². The van der Waals surface area contributed by atoms with Crippen molar-refractivity contribution >= 4 is 11.3 Å². The predicted molar refractivity (Wildman–Crippen MR) is 81.2 cm³/mol. The van der Waals surface area contributed by atoms with Gasteiger partial charge in [0.2, 0.25) is 0 Å². The van der Waals surface area contributed by atoms with E-state index in [9.17, 15) is 0 Å². The molecule has 3 rings (SSSR count). The maximum Gasteiger partial charge on any atom is 0.117 e. The molecule has 0 atom stereocenters. The van der Waals surface area contributed by atoms with Crippen molar-refractivity contribution in [1.29, 1.82) is 0 Å². The van der Waals surface area contributed by atoms with Gasteiger partial charge < -0.3 is 10.2 Å². The third-order valence-corrected chi connectivity index (χ3v) is 4.33. The Morgan fingerprint density at radius 1 is 1.35 bits per heavy atom. The minimum absolute atomic E-state index is 0.411. The van der Waals surface area contributed by atoms with E-state index in [0.717, 1.165) is 24.4 Å². The molecule has 0 bridgehead atoms. The number of hydrogen-bond acceptors (Lipinski definition) is 4. The third kappa shape index (κ3) is 3.31. The molecule has 2 aromatic heterocycles. The van der Waals surface area contributed by atoms with Crippen molar-refractivity contribution in [3.63, 3.8) is 0 Å². The van der Waals surface area contributed by atoms with Crippen LogP contribution < -0.4 is 5.73 Å². The van der Waals surface area contributed by atoms with Gasteiger partial charge in [0.05, 0.1) is 19.4 Å². The molecule has 104 valence electrons. The monoisotopic (exact) mass is 286 g/mol. The molecular formula is C16H18N2OS. The van der Waals surface area contributed by atoms with E-state index in [4.69, 9.17) is 10.2 Å². The van der Waals surface area contributed by atoms with Gasteiger partial charge in [-0.1, -0.05) is 11.8 Å². The van der Waals surface area contributed by atoms with Crippen molar-refractivity contribution in [2.24, 2.45) is 5.73 Å². The highest BCUT2D eigenvalue weighted by molar-refractivity contribution is 7.10. The standard InChI is InChI=1S/C16H18N2OS/c17-8-1-3-13-7-10-20-16(13)12-18(14-5-6-14)11-15-4-2-9-19-15/h2,4,7,9-10,14H,5-6,8,11-12,17H2. The molecule has 0 amide bonds. The fourth-order valence-corrected chi connectivity index (χ4v) is 3.12. The van der Waals surface area contributed by atoms with Crippen molar-refractivity contribution in [1.82, 2.24) is 4.90 Å². The maximum absolute atomic E-state index is 5.47.